The molecule has 0 saturated carbocycles. The smallest absolute Gasteiger partial charge is 0.111 e. The highest BCUT2D eigenvalue weighted by atomic mass is 15.6. The third kappa shape index (κ3) is 2.10. The highest BCUT2D eigenvalue weighted by molar-refractivity contribution is 5.55. The zero-order valence-corrected chi connectivity index (χ0v) is 10.1. The van der Waals surface area contributed by atoms with Gasteiger partial charge >= 0.3 is 0 Å². The molecule has 2 aromatic rings. The van der Waals surface area contributed by atoms with Crippen molar-refractivity contribution in [3.63, 3.8) is 0 Å². The third-order valence-electron chi connectivity index (χ3n) is 2.79. The zero-order chi connectivity index (χ0) is 12.4. The molecule has 0 fully saturated rings. The van der Waals surface area contributed by atoms with E-state index < -0.39 is 0 Å². The van der Waals surface area contributed by atoms with Crippen LogP contribution in [-0.4, -0.2) is 33.0 Å². The molecule has 0 atom stereocenters. The zero-order valence-electron chi connectivity index (χ0n) is 10.1. The summed E-state index contributed by atoms with van der Waals surface area (Å²) in [4.78, 5) is 5.76. The summed E-state index contributed by atoms with van der Waals surface area (Å²) in [7, 11) is 0. The van der Waals surface area contributed by atoms with Gasteiger partial charge in [-0.15, -0.1) is 0 Å². The molecule has 1 aromatic carbocycles. The average Bonchev–Trinajstić information content (AvgIpc) is 3.02. The molecular formula is C12H14N6. The number of nitrogens with one attached hydrogen (secondary N) is 1. The Kier molecular flexibility index (Phi) is 2.77. The molecule has 0 saturated heterocycles. The molecule has 1 aromatic heterocycles. The van der Waals surface area contributed by atoms with Crippen molar-refractivity contribution in [2.45, 2.75) is 13.5 Å². The van der Waals surface area contributed by atoms with Crippen molar-refractivity contribution in [3.05, 3.63) is 41.7 Å². The Bertz CT molecular complexity index is 551. The third-order valence-corrected chi connectivity index (χ3v) is 2.79. The average molecular weight is 242 g/mol. The van der Waals surface area contributed by atoms with Crippen molar-refractivity contribution < 1.29 is 0 Å². The van der Waals surface area contributed by atoms with Gasteiger partial charge in [0, 0.05) is 0 Å². The Morgan fingerprint density at radius 1 is 1.22 bits per heavy atom. The Balaban J connectivity index is 1.82. The summed E-state index contributed by atoms with van der Waals surface area (Å²) in [5.74, 6) is 0. The van der Waals surface area contributed by atoms with E-state index in [-0.39, 0.29) is 0 Å². The minimum Gasteiger partial charge on any atom is -0.307 e. The number of aliphatic imine (C=N–C) groups is 1. The summed E-state index contributed by atoms with van der Waals surface area (Å²) >= 11 is 0. The maximum Gasteiger partial charge on any atom is 0.111 e. The fourth-order valence-electron chi connectivity index (χ4n) is 1.81. The minimum atomic E-state index is 0.650. The predicted molar refractivity (Wildman–Crippen MR) is 68.1 cm³/mol. The normalized spacial score (nSPS) is 14.9. The molecule has 0 radical (unpaired) electrons. The van der Waals surface area contributed by atoms with Crippen LogP contribution in [0.25, 0.3) is 5.69 Å². The lowest BCUT2D eigenvalue weighted by Gasteiger charge is -2.11. The van der Waals surface area contributed by atoms with Crippen LogP contribution in [0.15, 0.2) is 35.3 Å². The van der Waals surface area contributed by atoms with Crippen molar-refractivity contribution in [1.82, 2.24) is 25.4 Å². The molecule has 6 heteroatoms. The number of aryl methyl sites for hydroxylation is 1. The maximum atomic E-state index is 4.51. The molecule has 6 nitrogen and oxygen atoms in total. The second kappa shape index (κ2) is 4.58. The van der Waals surface area contributed by atoms with Crippen LogP contribution in [-0.2, 0) is 6.54 Å². The molecule has 0 unspecified atom stereocenters. The van der Waals surface area contributed by atoms with Gasteiger partial charge in [0.05, 0.1) is 24.3 Å². The lowest BCUT2D eigenvalue weighted by Crippen LogP contribution is -2.31. The lowest BCUT2D eigenvalue weighted by atomic mass is 10.3. The number of nitrogens with zero attached hydrogens (tertiary/aromatic N) is 5. The molecule has 0 spiro atoms. The molecule has 3 rings (SSSR count). The van der Waals surface area contributed by atoms with Gasteiger partial charge in [-0.1, -0.05) is 18.2 Å². The number of para-hydroxylation sites is 1. The summed E-state index contributed by atoms with van der Waals surface area (Å²) in [6, 6.07) is 9.90. The van der Waals surface area contributed by atoms with Crippen LogP contribution in [0.2, 0.25) is 0 Å². The number of aromatic nitrogens is 3. The quantitative estimate of drug-likeness (QED) is 0.868. The molecule has 0 bridgehead atoms. The van der Waals surface area contributed by atoms with E-state index in [9.17, 15) is 0 Å². The summed E-state index contributed by atoms with van der Waals surface area (Å²) in [6.07, 6.45) is 1.69. The van der Waals surface area contributed by atoms with Gasteiger partial charge in [-0.25, -0.2) is 0 Å². The van der Waals surface area contributed by atoms with Crippen LogP contribution in [0.1, 0.15) is 11.4 Å². The van der Waals surface area contributed by atoms with Gasteiger partial charge in [-0.2, -0.15) is 20.0 Å². The van der Waals surface area contributed by atoms with E-state index in [4.69, 9.17) is 0 Å². The van der Waals surface area contributed by atoms with E-state index in [1.165, 1.54) is 0 Å². The SMILES string of the molecule is Cc1nn(-c2ccccc2)nc1CN1CN=CN1. The van der Waals surface area contributed by atoms with Gasteiger partial charge in [0.2, 0.25) is 0 Å². The second-order valence-electron chi connectivity index (χ2n) is 4.14. The topological polar surface area (TPSA) is 58.3 Å². The predicted octanol–water partition coefficient (Wildman–Crippen LogP) is 0.882. The first kappa shape index (κ1) is 10.9. The Labute approximate surface area is 105 Å². The number of rotatable bonds is 3. The number of benzene rings is 1. The number of hydrogen-bond donors (Lipinski definition) is 1. The van der Waals surface area contributed by atoms with Crippen LogP contribution in [0.5, 0.6) is 0 Å². The van der Waals surface area contributed by atoms with Crippen LogP contribution >= 0.6 is 0 Å². The van der Waals surface area contributed by atoms with E-state index in [2.05, 4.69) is 20.6 Å². The summed E-state index contributed by atoms with van der Waals surface area (Å²) in [5, 5.41) is 10.9. The van der Waals surface area contributed by atoms with Crippen LogP contribution in [0.4, 0.5) is 0 Å². The minimum absolute atomic E-state index is 0.650. The highest BCUT2D eigenvalue weighted by Gasteiger charge is 2.13. The summed E-state index contributed by atoms with van der Waals surface area (Å²) in [6.45, 7) is 3.31. The van der Waals surface area contributed by atoms with E-state index in [0.717, 1.165) is 17.1 Å². The molecule has 92 valence electrons. The molecule has 1 N–H and O–H groups in total. The van der Waals surface area contributed by atoms with Crippen molar-refractivity contribution in [1.29, 1.82) is 0 Å². The van der Waals surface area contributed by atoms with Crippen LogP contribution in [0, 0.1) is 6.92 Å². The molecule has 0 aliphatic carbocycles. The number of hydrazine groups is 1. The first-order chi connectivity index (χ1) is 8.83. The van der Waals surface area contributed by atoms with Crippen LogP contribution < -0.4 is 5.43 Å². The fourth-order valence-corrected chi connectivity index (χ4v) is 1.81. The van der Waals surface area contributed by atoms with E-state index in [1.807, 2.05) is 42.3 Å². The van der Waals surface area contributed by atoms with Gasteiger partial charge in [0.1, 0.15) is 12.4 Å². The van der Waals surface area contributed by atoms with E-state index in [0.29, 0.717) is 13.2 Å². The molecule has 0 amide bonds. The first-order valence-corrected chi connectivity index (χ1v) is 5.80. The summed E-state index contributed by atoms with van der Waals surface area (Å²) < 4.78 is 0. The Morgan fingerprint density at radius 3 is 2.78 bits per heavy atom. The monoisotopic (exact) mass is 242 g/mol. The van der Waals surface area contributed by atoms with Gasteiger partial charge in [0.15, 0.2) is 0 Å². The second-order valence-corrected chi connectivity index (χ2v) is 4.14. The van der Waals surface area contributed by atoms with Crippen molar-refractivity contribution >= 4 is 6.34 Å². The molecule has 2 heterocycles. The first-order valence-electron chi connectivity index (χ1n) is 5.80. The molecule has 1 aliphatic heterocycles. The highest BCUT2D eigenvalue weighted by Crippen LogP contribution is 2.10. The molecule has 1 aliphatic rings. The standard InChI is InChI=1S/C12H14N6/c1-10-12(7-17-9-13-8-14-17)16-18(15-10)11-5-3-2-4-6-11/h2-6,8H,7,9H2,1H3,(H,13,14). The van der Waals surface area contributed by atoms with Crippen molar-refractivity contribution in [3.8, 4) is 5.69 Å². The molecular weight excluding hydrogens is 228 g/mol. The van der Waals surface area contributed by atoms with Gasteiger partial charge in [-0.3, -0.25) is 4.99 Å². The van der Waals surface area contributed by atoms with Crippen molar-refractivity contribution in [2.75, 3.05) is 6.67 Å². The fraction of sp³-hybridized carbons (Fsp3) is 0.250. The van der Waals surface area contributed by atoms with Crippen molar-refractivity contribution in [2.24, 2.45) is 4.99 Å². The van der Waals surface area contributed by atoms with E-state index in [1.54, 1.807) is 11.1 Å². The largest absolute Gasteiger partial charge is 0.307 e. The van der Waals surface area contributed by atoms with Gasteiger partial charge in [0.25, 0.3) is 0 Å². The van der Waals surface area contributed by atoms with E-state index >= 15 is 0 Å². The van der Waals surface area contributed by atoms with Gasteiger partial charge in [-0.05, 0) is 19.1 Å². The molecule has 18 heavy (non-hydrogen) atoms. The lowest BCUT2D eigenvalue weighted by molar-refractivity contribution is 0.254. The van der Waals surface area contributed by atoms with Gasteiger partial charge < -0.3 is 5.43 Å². The number of hydrogen-bond acceptors (Lipinski definition) is 5. The Morgan fingerprint density at radius 2 is 2.06 bits per heavy atom. The maximum absolute atomic E-state index is 4.51. The van der Waals surface area contributed by atoms with Crippen LogP contribution in [0.3, 0.4) is 0 Å². The summed E-state index contributed by atoms with van der Waals surface area (Å²) in [5.41, 5.74) is 5.91. The Hall–Kier alpha value is -2.21.